The van der Waals surface area contributed by atoms with Gasteiger partial charge >= 0.3 is 0 Å². The molecular weight excluding hydrogens is 228 g/mol. The average Bonchev–Trinajstić information content (AvgIpc) is 2.28. The SMILES string of the molecule is C[C@H](NC(=O)c1ccc([N+](=O)[O-])cc1)C(=O)[O-]. The van der Waals surface area contributed by atoms with Crippen molar-refractivity contribution in [3.63, 3.8) is 0 Å². The molecule has 0 aliphatic carbocycles. The number of rotatable bonds is 4. The van der Waals surface area contributed by atoms with Crippen molar-refractivity contribution in [3.05, 3.63) is 39.9 Å². The van der Waals surface area contributed by atoms with Crippen molar-refractivity contribution in [3.8, 4) is 0 Å². The van der Waals surface area contributed by atoms with Crippen molar-refractivity contribution in [2.45, 2.75) is 13.0 Å². The average molecular weight is 237 g/mol. The van der Waals surface area contributed by atoms with Crippen LogP contribution in [0.1, 0.15) is 17.3 Å². The zero-order valence-corrected chi connectivity index (χ0v) is 8.88. The van der Waals surface area contributed by atoms with Crippen LogP contribution in [-0.4, -0.2) is 22.8 Å². The molecule has 1 rings (SSSR count). The third-order valence-corrected chi connectivity index (χ3v) is 2.04. The number of carbonyl (C=O) groups is 2. The molecule has 1 aromatic rings. The number of carboxylic acid groups (broad SMARTS) is 1. The van der Waals surface area contributed by atoms with Gasteiger partial charge in [0.15, 0.2) is 0 Å². The zero-order valence-electron chi connectivity index (χ0n) is 8.88. The maximum Gasteiger partial charge on any atom is 0.269 e. The second-order valence-corrected chi connectivity index (χ2v) is 3.32. The lowest BCUT2D eigenvalue weighted by Crippen LogP contribution is -2.45. The van der Waals surface area contributed by atoms with Crippen LogP contribution in [0.15, 0.2) is 24.3 Å². The molecule has 0 radical (unpaired) electrons. The number of nitro groups is 1. The molecule has 7 nitrogen and oxygen atoms in total. The summed E-state index contributed by atoms with van der Waals surface area (Å²) in [5, 5.41) is 22.9. The number of hydrogen-bond donors (Lipinski definition) is 1. The summed E-state index contributed by atoms with van der Waals surface area (Å²) in [5.41, 5.74) is -0.00167. The van der Waals surface area contributed by atoms with Crippen LogP contribution in [0, 0.1) is 10.1 Å². The van der Waals surface area contributed by atoms with Crippen molar-refractivity contribution >= 4 is 17.6 Å². The molecular formula is C10H9N2O5-. The van der Waals surface area contributed by atoms with Gasteiger partial charge in [-0.2, -0.15) is 0 Å². The van der Waals surface area contributed by atoms with Gasteiger partial charge < -0.3 is 15.2 Å². The Morgan fingerprint density at radius 2 is 1.82 bits per heavy atom. The van der Waals surface area contributed by atoms with E-state index in [0.717, 1.165) is 0 Å². The van der Waals surface area contributed by atoms with Crippen LogP contribution in [0.25, 0.3) is 0 Å². The number of carboxylic acids is 1. The lowest BCUT2D eigenvalue weighted by Gasteiger charge is -2.14. The van der Waals surface area contributed by atoms with Crippen molar-refractivity contribution in [2.24, 2.45) is 0 Å². The normalized spacial score (nSPS) is 11.6. The Morgan fingerprint density at radius 1 is 1.29 bits per heavy atom. The van der Waals surface area contributed by atoms with Crippen LogP contribution in [0.3, 0.4) is 0 Å². The van der Waals surface area contributed by atoms with Gasteiger partial charge in [-0.25, -0.2) is 0 Å². The predicted octanol–water partition coefficient (Wildman–Crippen LogP) is -0.537. The topological polar surface area (TPSA) is 112 Å². The summed E-state index contributed by atoms with van der Waals surface area (Å²) in [4.78, 5) is 31.6. The highest BCUT2D eigenvalue weighted by molar-refractivity contribution is 5.96. The van der Waals surface area contributed by atoms with Crippen molar-refractivity contribution < 1.29 is 19.6 Å². The van der Waals surface area contributed by atoms with E-state index in [1.54, 1.807) is 0 Å². The first-order valence-corrected chi connectivity index (χ1v) is 4.68. The molecule has 0 saturated heterocycles. The molecule has 90 valence electrons. The van der Waals surface area contributed by atoms with Crippen LogP contribution < -0.4 is 10.4 Å². The summed E-state index contributed by atoms with van der Waals surface area (Å²) in [5.74, 6) is -2.03. The van der Waals surface area contributed by atoms with Gasteiger partial charge in [-0.3, -0.25) is 14.9 Å². The molecule has 0 unspecified atom stereocenters. The van der Waals surface area contributed by atoms with E-state index < -0.39 is 22.8 Å². The predicted molar refractivity (Wildman–Crippen MR) is 55.0 cm³/mol. The molecule has 0 bridgehead atoms. The third kappa shape index (κ3) is 3.26. The van der Waals surface area contributed by atoms with E-state index in [1.165, 1.54) is 31.2 Å². The lowest BCUT2D eigenvalue weighted by atomic mass is 10.2. The molecule has 1 atom stereocenters. The molecule has 0 aliphatic heterocycles. The van der Waals surface area contributed by atoms with Crippen molar-refractivity contribution in [2.75, 3.05) is 0 Å². The summed E-state index contributed by atoms with van der Waals surface area (Å²) >= 11 is 0. The summed E-state index contributed by atoms with van der Waals surface area (Å²) in [6.45, 7) is 1.26. The summed E-state index contributed by atoms with van der Waals surface area (Å²) in [6, 6.07) is 3.69. The van der Waals surface area contributed by atoms with Crippen LogP contribution in [0.5, 0.6) is 0 Å². The fraction of sp³-hybridized carbons (Fsp3) is 0.200. The molecule has 7 heteroatoms. The van der Waals surface area contributed by atoms with Gasteiger partial charge in [0.05, 0.1) is 16.9 Å². The van der Waals surface area contributed by atoms with Crippen LogP contribution >= 0.6 is 0 Å². The zero-order chi connectivity index (χ0) is 13.0. The Kier molecular flexibility index (Phi) is 3.76. The van der Waals surface area contributed by atoms with Gasteiger partial charge in [0.1, 0.15) is 0 Å². The van der Waals surface area contributed by atoms with Gasteiger partial charge in [0.25, 0.3) is 11.6 Å². The van der Waals surface area contributed by atoms with Crippen molar-refractivity contribution in [1.29, 1.82) is 0 Å². The maximum atomic E-state index is 11.5. The Bertz CT molecular complexity index is 454. The standard InChI is InChI=1S/C10H10N2O5/c1-6(10(14)15)11-9(13)7-2-4-8(5-3-7)12(16)17/h2-6H,1H3,(H,11,13)(H,14,15)/p-1/t6-/m0/s1. The highest BCUT2D eigenvalue weighted by Crippen LogP contribution is 2.11. The fourth-order valence-corrected chi connectivity index (χ4v) is 1.07. The second-order valence-electron chi connectivity index (χ2n) is 3.32. The van der Waals surface area contributed by atoms with Gasteiger partial charge in [-0.05, 0) is 19.1 Å². The van der Waals surface area contributed by atoms with E-state index >= 15 is 0 Å². The van der Waals surface area contributed by atoms with Crippen LogP contribution in [0.2, 0.25) is 0 Å². The molecule has 0 fully saturated rings. The molecule has 0 aromatic heterocycles. The molecule has 1 amide bonds. The monoisotopic (exact) mass is 237 g/mol. The number of nitrogens with zero attached hydrogens (tertiary/aromatic N) is 1. The molecule has 0 heterocycles. The minimum atomic E-state index is -1.40. The number of nitrogens with one attached hydrogen (secondary N) is 1. The van der Waals surface area contributed by atoms with E-state index in [-0.39, 0.29) is 11.3 Å². The maximum absolute atomic E-state index is 11.5. The lowest BCUT2D eigenvalue weighted by molar-refractivity contribution is -0.384. The van der Waals surface area contributed by atoms with Crippen molar-refractivity contribution in [1.82, 2.24) is 5.32 Å². The molecule has 0 spiro atoms. The van der Waals surface area contributed by atoms with Gasteiger partial charge in [0.2, 0.25) is 0 Å². The van der Waals surface area contributed by atoms with E-state index in [1.807, 2.05) is 0 Å². The minimum absolute atomic E-state index is 0.142. The first-order valence-electron chi connectivity index (χ1n) is 4.68. The summed E-state index contributed by atoms with van der Waals surface area (Å²) in [7, 11) is 0. The highest BCUT2D eigenvalue weighted by Gasteiger charge is 2.12. The first kappa shape index (κ1) is 12.6. The van der Waals surface area contributed by atoms with E-state index in [0.29, 0.717) is 0 Å². The molecule has 0 aliphatic rings. The Labute approximate surface area is 96.2 Å². The number of hydrogen-bond acceptors (Lipinski definition) is 5. The highest BCUT2D eigenvalue weighted by atomic mass is 16.6. The number of aliphatic carboxylic acids is 1. The van der Waals surface area contributed by atoms with E-state index in [9.17, 15) is 24.8 Å². The first-order chi connectivity index (χ1) is 7.91. The number of carbonyl (C=O) groups excluding carboxylic acids is 2. The second kappa shape index (κ2) is 5.06. The summed E-state index contributed by atoms with van der Waals surface area (Å²) in [6.07, 6.45) is 0. The Balaban J connectivity index is 2.77. The third-order valence-electron chi connectivity index (χ3n) is 2.04. The smallest absolute Gasteiger partial charge is 0.269 e. The number of nitro benzene ring substituents is 1. The number of benzene rings is 1. The van der Waals surface area contributed by atoms with Crippen LogP contribution in [-0.2, 0) is 4.79 Å². The fourth-order valence-electron chi connectivity index (χ4n) is 1.07. The molecule has 17 heavy (non-hydrogen) atoms. The quantitative estimate of drug-likeness (QED) is 0.558. The molecule has 1 N–H and O–H groups in total. The largest absolute Gasteiger partial charge is 0.548 e. The Hall–Kier alpha value is -2.44. The summed E-state index contributed by atoms with van der Waals surface area (Å²) < 4.78 is 0. The molecule has 0 saturated carbocycles. The number of amides is 1. The van der Waals surface area contributed by atoms with Gasteiger partial charge in [0, 0.05) is 17.7 Å². The van der Waals surface area contributed by atoms with Gasteiger partial charge in [-0.1, -0.05) is 0 Å². The minimum Gasteiger partial charge on any atom is -0.548 e. The van der Waals surface area contributed by atoms with E-state index in [4.69, 9.17) is 0 Å². The van der Waals surface area contributed by atoms with E-state index in [2.05, 4.69) is 5.32 Å². The Morgan fingerprint density at radius 3 is 2.24 bits per heavy atom. The molecule has 1 aromatic carbocycles. The van der Waals surface area contributed by atoms with Crippen LogP contribution in [0.4, 0.5) is 5.69 Å². The van der Waals surface area contributed by atoms with Gasteiger partial charge in [-0.15, -0.1) is 0 Å². The number of non-ortho nitro benzene ring substituents is 1.